The van der Waals surface area contributed by atoms with Gasteiger partial charge in [-0.05, 0) is 37.5 Å². The van der Waals surface area contributed by atoms with Crippen LogP contribution >= 0.6 is 12.4 Å². The highest BCUT2D eigenvalue weighted by atomic mass is 35.5. The molecule has 1 heterocycles. The van der Waals surface area contributed by atoms with Crippen molar-refractivity contribution in [3.05, 3.63) is 0 Å². The van der Waals surface area contributed by atoms with Crippen molar-refractivity contribution in [3.8, 4) is 0 Å². The summed E-state index contributed by atoms with van der Waals surface area (Å²) in [6, 6.07) is 0.719. The molecule has 20 heavy (non-hydrogen) atoms. The van der Waals surface area contributed by atoms with Crippen molar-refractivity contribution in [3.63, 3.8) is 0 Å². The minimum atomic E-state index is 0. The zero-order chi connectivity index (χ0) is 13.1. The second kappa shape index (κ2) is 7.65. The summed E-state index contributed by atoms with van der Waals surface area (Å²) in [4.78, 5) is 12.2. The highest BCUT2D eigenvalue weighted by molar-refractivity contribution is 5.85. The molecule has 1 aliphatic heterocycles. The van der Waals surface area contributed by atoms with E-state index in [9.17, 15) is 4.79 Å². The van der Waals surface area contributed by atoms with Gasteiger partial charge in [0.05, 0.1) is 6.04 Å². The predicted molar refractivity (Wildman–Crippen MR) is 84.1 cm³/mol. The number of halogens is 1. The van der Waals surface area contributed by atoms with E-state index in [1.54, 1.807) is 0 Å². The van der Waals surface area contributed by atoms with E-state index in [0.717, 1.165) is 24.8 Å². The van der Waals surface area contributed by atoms with Gasteiger partial charge in [-0.15, -0.1) is 12.4 Å². The Morgan fingerprint density at radius 3 is 2.50 bits per heavy atom. The number of hydrogen-bond acceptors (Lipinski definition) is 2. The molecule has 3 nitrogen and oxygen atoms in total. The molecule has 0 aromatic heterocycles. The molecule has 1 saturated heterocycles. The van der Waals surface area contributed by atoms with E-state index in [1.165, 1.54) is 57.8 Å². The third-order valence-electron chi connectivity index (χ3n) is 5.51. The number of fused-ring (bicyclic) bond motifs is 1. The van der Waals surface area contributed by atoms with Gasteiger partial charge in [-0.25, -0.2) is 0 Å². The third-order valence-corrected chi connectivity index (χ3v) is 5.51. The Balaban J connectivity index is 0.00000147. The Morgan fingerprint density at radius 2 is 1.75 bits per heavy atom. The molecule has 0 bridgehead atoms. The van der Waals surface area contributed by atoms with Gasteiger partial charge in [-0.1, -0.05) is 38.5 Å². The molecule has 3 rings (SSSR count). The Morgan fingerprint density at radius 1 is 1.05 bits per heavy atom. The highest BCUT2D eigenvalue weighted by Gasteiger charge is 2.37. The third kappa shape index (κ3) is 3.88. The average Bonchev–Trinajstić information content (AvgIpc) is 3.07. The van der Waals surface area contributed by atoms with Gasteiger partial charge in [0.25, 0.3) is 0 Å². The maximum absolute atomic E-state index is 12.2. The molecule has 3 aliphatic rings. The Kier molecular flexibility index (Phi) is 6.16. The zero-order valence-electron chi connectivity index (χ0n) is 12.4. The number of rotatable bonds is 4. The lowest BCUT2D eigenvalue weighted by Gasteiger charge is -2.24. The molecule has 0 spiro atoms. The molecule has 0 aromatic rings. The van der Waals surface area contributed by atoms with Gasteiger partial charge in [0.2, 0.25) is 5.91 Å². The molecule has 3 fully saturated rings. The van der Waals surface area contributed by atoms with Crippen LogP contribution in [0, 0.1) is 11.8 Å². The van der Waals surface area contributed by atoms with E-state index in [4.69, 9.17) is 0 Å². The maximum atomic E-state index is 12.2. The van der Waals surface area contributed by atoms with Crippen LogP contribution in [0.15, 0.2) is 0 Å². The van der Waals surface area contributed by atoms with E-state index in [1.807, 2.05) is 0 Å². The molecule has 1 amide bonds. The van der Waals surface area contributed by atoms with Crippen molar-refractivity contribution >= 4 is 18.3 Å². The largest absolute Gasteiger partial charge is 0.355 e. The molecule has 3 atom stereocenters. The van der Waals surface area contributed by atoms with Crippen molar-refractivity contribution in [1.29, 1.82) is 0 Å². The lowest BCUT2D eigenvalue weighted by molar-refractivity contribution is -0.122. The van der Waals surface area contributed by atoms with Crippen molar-refractivity contribution in [1.82, 2.24) is 10.6 Å². The first-order valence-electron chi connectivity index (χ1n) is 8.36. The first kappa shape index (κ1) is 16.1. The average molecular weight is 301 g/mol. The highest BCUT2D eigenvalue weighted by Crippen LogP contribution is 2.33. The van der Waals surface area contributed by atoms with Crippen LogP contribution in [0.1, 0.15) is 64.2 Å². The first-order chi connectivity index (χ1) is 9.33. The number of amides is 1. The number of carbonyl (C=O) groups is 1. The number of carbonyl (C=O) groups excluding carboxylic acids is 1. The lowest BCUT2D eigenvalue weighted by atomic mass is 9.85. The van der Waals surface area contributed by atoms with E-state index in [-0.39, 0.29) is 24.4 Å². The minimum Gasteiger partial charge on any atom is -0.355 e. The summed E-state index contributed by atoms with van der Waals surface area (Å²) in [6.45, 7) is 0.886. The topological polar surface area (TPSA) is 41.1 Å². The molecule has 3 unspecified atom stereocenters. The molecule has 116 valence electrons. The van der Waals surface area contributed by atoms with Crippen LogP contribution in [-0.4, -0.2) is 24.5 Å². The summed E-state index contributed by atoms with van der Waals surface area (Å²) in [6.07, 6.45) is 13.1. The van der Waals surface area contributed by atoms with Crippen LogP contribution < -0.4 is 10.6 Å². The quantitative estimate of drug-likeness (QED) is 0.838. The molecule has 2 saturated carbocycles. The summed E-state index contributed by atoms with van der Waals surface area (Å²) < 4.78 is 0. The summed E-state index contributed by atoms with van der Waals surface area (Å²) >= 11 is 0. The van der Waals surface area contributed by atoms with Crippen LogP contribution in [-0.2, 0) is 4.79 Å². The fourth-order valence-corrected chi connectivity index (χ4v) is 4.34. The van der Waals surface area contributed by atoms with Crippen LogP contribution in [0.5, 0.6) is 0 Å². The molecule has 0 aromatic carbocycles. The van der Waals surface area contributed by atoms with Crippen LogP contribution in [0.3, 0.4) is 0 Å². The summed E-state index contributed by atoms with van der Waals surface area (Å²) in [5.41, 5.74) is 0. The fourth-order valence-electron chi connectivity index (χ4n) is 4.34. The summed E-state index contributed by atoms with van der Waals surface area (Å²) in [5, 5.41) is 6.72. The zero-order valence-corrected chi connectivity index (χ0v) is 13.2. The maximum Gasteiger partial charge on any atom is 0.237 e. The fraction of sp³-hybridized carbons (Fsp3) is 0.938. The van der Waals surface area contributed by atoms with Crippen molar-refractivity contribution in [2.75, 3.05) is 6.54 Å². The Hall–Kier alpha value is -0.280. The smallest absolute Gasteiger partial charge is 0.237 e. The Labute approximate surface area is 129 Å². The molecule has 4 heteroatoms. The standard InChI is InChI=1S/C16H28N2O.ClH/c19-16(17-10-9-12-5-1-2-6-12)15-11-13-7-3-4-8-14(13)18-15;/h12-15,18H,1-11H2,(H,17,19);1H. The molecule has 2 aliphatic carbocycles. The number of hydrogen-bond donors (Lipinski definition) is 2. The van der Waals surface area contributed by atoms with Gasteiger partial charge in [0.15, 0.2) is 0 Å². The predicted octanol–water partition coefficient (Wildman–Crippen LogP) is 3.03. The van der Waals surface area contributed by atoms with Crippen molar-refractivity contribution in [2.24, 2.45) is 11.8 Å². The van der Waals surface area contributed by atoms with Gasteiger partial charge < -0.3 is 10.6 Å². The van der Waals surface area contributed by atoms with E-state index >= 15 is 0 Å². The van der Waals surface area contributed by atoms with Crippen LogP contribution in [0.4, 0.5) is 0 Å². The molecule has 2 N–H and O–H groups in total. The summed E-state index contributed by atoms with van der Waals surface area (Å²) in [5.74, 6) is 1.89. The van der Waals surface area contributed by atoms with Gasteiger partial charge in [0.1, 0.15) is 0 Å². The lowest BCUT2D eigenvalue weighted by Crippen LogP contribution is -2.43. The second-order valence-corrected chi connectivity index (χ2v) is 6.84. The normalized spacial score (nSPS) is 33.5. The van der Waals surface area contributed by atoms with Gasteiger partial charge >= 0.3 is 0 Å². The molecule has 0 radical (unpaired) electrons. The van der Waals surface area contributed by atoms with Crippen LogP contribution in [0.25, 0.3) is 0 Å². The Bertz CT molecular complexity index is 304. The second-order valence-electron chi connectivity index (χ2n) is 6.84. The van der Waals surface area contributed by atoms with Gasteiger partial charge in [-0.3, -0.25) is 4.79 Å². The monoisotopic (exact) mass is 300 g/mol. The van der Waals surface area contributed by atoms with Gasteiger partial charge in [0, 0.05) is 12.6 Å². The van der Waals surface area contributed by atoms with E-state index < -0.39 is 0 Å². The molecular formula is C16H29ClN2O. The first-order valence-corrected chi connectivity index (χ1v) is 8.36. The van der Waals surface area contributed by atoms with E-state index in [0.29, 0.717) is 6.04 Å². The molecular weight excluding hydrogens is 272 g/mol. The summed E-state index contributed by atoms with van der Waals surface area (Å²) in [7, 11) is 0. The van der Waals surface area contributed by atoms with E-state index in [2.05, 4.69) is 10.6 Å². The minimum absolute atomic E-state index is 0. The van der Waals surface area contributed by atoms with Crippen molar-refractivity contribution in [2.45, 2.75) is 76.3 Å². The van der Waals surface area contributed by atoms with Crippen molar-refractivity contribution < 1.29 is 4.79 Å². The van der Waals surface area contributed by atoms with Crippen LogP contribution in [0.2, 0.25) is 0 Å². The number of nitrogens with one attached hydrogen (secondary N) is 2. The SMILES string of the molecule is Cl.O=C(NCCC1CCCC1)C1CC2CCCCC2N1. The van der Waals surface area contributed by atoms with Gasteiger partial charge in [-0.2, -0.15) is 0 Å².